The zero-order chi connectivity index (χ0) is 17.7. The van der Waals surface area contributed by atoms with Crippen molar-refractivity contribution in [2.75, 3.05) is 12.4 Å². The van der Waals surface area contributed by atoms with Crippen molar-refractivity contribution in [1.29, 1.82) is 0 Å². The van der Waals surface area contributed by atoms with Gasteiger partial charge in [0.2, 0.25) is 5.91 Å². The molecule has 7 nitrogen and oxygen atoms in total. The molecule has 0 unspecified atom stereocenters. The van der Waals surface area contributed by atoms with E-state index in [-0.39, 0.29) is 6.61 Å². The quantitative estimate of drug-likeness (QED) is 0.718. The first-order chi connectivity index (χ1) is 11.3. The number of carboxylic acid groups (broad SMARTS) is 1. The Morgan fingerprint density at radius 3 is 2.67 bits per heavy atom. The van der Waals surface area contributed by atoms with Crippen LogP contribution in [0.3, 0.4) is 0 Å². The molecule has 130 valence electrons. The van der Waals surface area contributed by atoms with Crippen LogP contribution in [-0.2, 0) is 14.4 Å². The first kappa shape index (κ1) is 18.1. The molecule has 0 aromatic heterocycles. The summed E-state index contributed by atoms with van der Waals surface area (Å²) in [5, 5.41) is 14.3. The third-order valence-corrected chi connectivity index (χ3v) is 5.10. The Morgan fingerprint density at radius 2 is 2.04 bits per heavy atom. The van der Waals surface area contributed by atoms with E-state index in [9.17, 15) is 19.5 Å². The summed E-state index contributed by atoms with van der Waals surface area (Å²) in [6.45, 7) is 3.28. The number of carbonyl (C=O) groups excluding carboxylic acids is 2. The van der Waals surface area contributed by atoms with E-state index in [1.807, 2.05) is 6.07 Å². The highest BCUT2D eigenvalue weighted by molar-refractivity contribution is 8.00. The number of carbonyl (C=O) groups is 3. The number of thioether (sulfide) groups is 1. The molecule has 0 spiro atoms. The molecule has 2 amide bonds. The monoisotopic (exact) mass is 352 g/mol. The van der Waals surface area contributed by atoms with E-state index < -0.39 is 34.6 Å². The van der Waals surface area contributed by atoms with Crippen molar-refractivity contribution in [3.63, 3.8) is 0 Å². The second kappa shape index (κ2) is 7.57. The van der Waals surface area contributed by atoms with E-state index >= 15 is 0 Å². The van der Waals surface area contributed by atoms with E-state index in [1.165, 1.54) is 11.8 Å². The maximum atomic E-state index is 12.2. The number of benzene rings is 1. The van der Waals surface area contributed by atoms with Gasteiger partial charge in [-0.25, -0.2) is 4.79 Å². The van der Waals surface area contributed by atoms with Gasteiger partial charge in [0.25, 0.3) is 5.91 Å². The van der Waals surface area contributed by atoms with E-state index in [1.54, 1.807) is 38.1 Å². The van der Waals surface area contributed by atoms with Crippen LogP contribution in [0, 0.1) is 0 Å². The summed E-state index contributed by atoms with van der Waals surface area (Å²) in [7, 11) is 0. The van der Waals surface area contributed by atoms with Gasteiger partial charge in [0, 0.05) is 10.5 Å². The molecule has 1 aromatic rings. The minimum Gasteiger partial charge on any atom is -0.484 e. The Bertz CT molecular complexity index is 620. The fraction of sp³-hybridized carbons (Fsp3) is 0.438. The standard InChI is InChI=1S/C16H20N2O5S/c1-16(2)13(15(21)22)18-14(20)11(9-24-16)17-12(19)8-23-10-6-4-3-5-7-10/h3-7,11,13H,8-9H2,1-2H3,(H,17,19)(H,18,20)(H,21,22)/t11-,13+/m1/s1. The van der Waals surface area contributed by atoms with Gasteiger partial charge in [-0.15, -0.1) is 0 Å². The summed E-state index contributed by atoms with van der Waals surface area (Å²) in [5.41, 5.74) is 0. The van der Waals surface area contributed by atoms with Crippen molar-refractivity contribution in [2.24, 2.45) is 0 Å². The van der Waals surface area contributed by atoms with Crippen molar-refractivity contribution < 1.29 is 24.2 Å². The first-order valence-corrected chi connectivity index (χ1v) is 8.42. The van der Waals surface area contributed by atoms with E-state index in [2.05, 4.69) is 10.6 Å². The molecule has 0 aliphatic carbocycles. The van der Waals surface area contributed by atoms with Crippen molar-refractivity contribution in [1.82, 2.24) is 10.6 Å². The summed E-state index contributed by atoms with van der Waals surface area (Å²) >= 11 is 1.33. The lowest BCUT2D eigenvalue weighted by atomic mass is 10.0. The molecule has 0 radical (unpaired) electrons. The Hall–Kier alpha value is -2.22. The van der Waals surface area contributed by atoms with Crippen LogP contribution in [0.2, 0.25) is 0 Å². The smallest absolute Gasteiger partial charge is 0.327 e. The lowest BCUT2D eigenvalue weighted by Crippen LogP contribution is -2.55. The van der Waals surface area contributed by atoms with Crippen LogP contribution in [-0.4, -0.2) is 52.1 Å². The number of carboxylic acids is 1. The molecule has 1 aliphatic heterocycles. The van der Waals surface area contributed by atoms with Crippen molar-refractivity contribution in [3.05, 3.63) is 30.3 Å². The SMILES string of the molecule is CC1(C)SC[C@@H](NC(=O)COc2ccccc2)C(=O)N[C@H]1C(=O)O. The van der Waals surface area contributed by atoms with Crippen LogP contribution in [0.25, 0.3) is 0 Å². The zero-order valence-corrected chi connectivity index (χ0v) is 14.3. The predicted octanol–water partition coefficient (Wildman–Crippen LogP) is 0.645. The van der Waals surface area contributed by atoms with Gasteiger partial charge in [-0.2, -0.15) is 11.8 Å². The summed E-state index contributed by atoms with van der Waals surface area (Å²) in [4.78, 5) is 35.5. The second-order valence-electron chi connectivity index (χ2n) is 5.92. The maximum absolute atomic E-state index is 12.2. The molecule has 1 aliphatic rings. The number of hydrogen-bond donors (Lipinski definition) is 3. The van der Waals surface area contributed by atoms with Crippen molar-refractivity contribution in [3.8, 4) is 5.75 Å². The summed E-state index contributed by atoms with van der Waals surface area (Å²) in [6, 6.07) is 7.04. The van der Waals surface area contributed by atoms with Gasteiger partial charge in [0.05, 0.1) is 0 Å². The van der Waals surface area contributed by atoms with Gasteiger partial charge in [0.1, 0.15) is 17.8 Å². The highest BCUT2D eigenvalue weighted by Gasteiger charge is 2.42. The number of amides is 2. The van der Waals surface area contributed by atoms with Crippen molar-refractivity contribution >= 4 is 29.5 Å². The Balaban J connectivity index is 1.93. The van der Waals surface area contributed by atoms with Crippen LogP contribution in [0.5, 0.6) is 5.75 Å². The maximum Gasteiger partial charge on any atom is 0.327 e. The van der Waals surface area contributed by atoms with Crippen LogP contribution in [0.4, 0.5) is 0 Å². The van der Waals surface area contributed by atoms with E-state index in [0.29, 0.717) is 11.5 Å². The second-order valence-corrected chi connectivity index (χ2v) is 7.59. The van der Waals surface area contributed by atoms with E-state index in [4.69, 9.17) is 4.74 Å². The van der Waals surface area contributed by atoms with Crippen LogP contribution < -0.4 is 15.4 Å². The minimum atomic E-state index is -1.10. The number of aliphatic carboxylic acids is 1. The molecule has 1 fully saturated rings. The molecular formula is C16H20N2O5S. The Labute approximate surface area is 144 Å². The fourth-order valence-corrected chi connectivity index (χ4v) is 3.40. The number of hydrogen-bond acceptors (Lipinski definition) is 5. The molecule has 3 N–H and O–H groups in total. The minimum absolute atomic E-state index is 0.218. The summed E-state index contributed by atoms with van der Waals surface area (Å²) in [5.74, 6) is -1.20. The average Bonchev–Trinajstić information content (AvgIpc) is 2.65. The van der Waals surface area contributed by atoms with Crippen LogP contribution in [0.15, 0.2) is 30.3 Å². The highest BCUT2D eigenvalue weighted by Crippen LogP contribution is 2.31. The molecule has 0 bridgehead atoms. The first-order valence-electron chi connectivity index (χ1n) is 7.44. The summed E-state index contributed by atoms with van der Waals surface area (Å²) < 4.78 is 4.65. The van der Waals surface area contributed by atoms with Crippen LogP contribution in [0.1, 0.15) is 13.8 Å². The molecule has 2 rings (SSSR count). The third-order valence-electron chi connectivity index (χ3n) is 3.62. The Morgan fingerprint density at radius 1 is 1.38 bits per heavy atom. The topological polar surface area (TPSA) is 105 Å². The number of nitrogens with one attached hydrogen (secondary N) is 2. The lowest BCUT2D eigenvalue weighted by molar-refractivity contribution is -0.142. The molecular weight excluding hydrogens is 332 g/mol. The van der Waals surface area contributed by atoms with Gasteiger partial charge in [-0.05, 0) is 26.0 Å². The number of rotatable bonds is 5. The molecule has 1 aromatic carbocycles. The molecule has 24 heavy (non-hydrogen) atoms. The van der Waals surface area contributed by atoms with Gasteiger partial charge in [-0.3, -0.25) is 9.59 Å². The van der Waals surface area contributed by atoms with Crippen LogP contribution >= 0.6 is 11.8 Å². The third kappa shape index (κ3) is 4.64. The largest absolute Gasteiger partial charge is 0.484 e. The molecule has 8 heteroatoms. The van der Waals surface area contributed by atoms with Crippen molar-refractivity contribution in [2.45, 2.75) is 30.7 Å². The van der Waals surface area contributed by atoms with Gasteiger partial charge in [-0.1, -0.05) is 18.2 Å². The average molecular weight is 352 g/mol. The lowest BCUT2D eigenvalue weighted by Gasteiger charge is -2.28. The zero-order valence-electron chi connectivity index (χ0n) is 13.4. The fourth-order valence-electron chi connectivity index (χ4n) is 2.24. The molecule has 1 saturated heterocycles. The van der Waals surface area contributed by atoms with Gasteiger partial charge in [0.15, 0.2) is 6.61 Å². The molecule has 0 saturated carbocycles. The Kier molecular flexibility index (Phi) is 5.71. The number of ether oxygens (including phenoxy) is 1. The van der Waals surface area contributed by atoms with Gasteiger partial charge < -0.3 is 20.5 Å². The normalized spacial score (nSPS) is 22.8. The van der Waals surface area contributed by atoms with Gasteiger partial charge >= 0.3 is 5.97 Å². The number of para-hydroxylation sites is 1. The molecule has 1 heterocycles. The summed E-state index contributed by atoms with van der Waals surface area (Å²) in [6.07, 6.45) is 0. The highest BCUT2D eigenvalue weighted by atomic mass is 32.2. The molecule has 2 atom stereocenters. The van der Waals surface area contributed by atoms with E-state index in [0.717, 1.165) is 0 Å². The predicted molar refractivity (Wildman–Crippen MR) is 90.0 cm³/mol.